The molecular formula is C15H16N2OS. The van der Waals surface area contributed by atoms with E-state index < -0.39 is 0 Å². The molecule has 0 fully saturated rings. The number of benzene rings is 1. The van der Waals surface area contributed by atoms with Crippen molar-refractivity contribution in [3.63, 3.8) is 0 Å². The highest BCUT2D eigenvalue weighted by molar-refractivity contribution is 7.14. The third-order valence-corrected chi connectivity index (χ3v) is 4.83. The summed E-state index contributed by atoms with van der Waals surface area (Å²) in [6, 6.07) is 7.76. The van der Waals surface area contributed by atoms with E-state index in [4.69, 9.17) is 5.73 Å². The molecule has 1 aliphatic rings. The molecule has 1 aliphatic heterocycles. The van der Waals surface area contributed by atoms with E-state index >= 15 is 0 Å². The van der Waals surface area contributed by atoms with Crippen LogP contribution in [0.3, 0.4) is 0 Å². The molecule has 1 aromatic heterocycles. The van der Waals surface area contributed by atoms with Crippen LogP contribution in [-0.2, 0) is 6.42 Å². The van der Waals surface area contributed by atoms with E-state index in [-0.39, 0.29) is 5.91 Å². The molecule has 1 aromatic carbocycles. The molecule has 0 aliphatic carbocycles. The summed E-state index contributed by atoms with van der Waals surface area (Å²) in [7, 11) is 0. The lowest BCUT2D eigenvalue weighted by Crippen LogP contribution is -2.28. The summed E-state index contributed by atoms with van der Waals surface area (Å²) in [5.41, 5.74) is 9.99. The van der Waals surface area contributed by atoms with Crippen molar-refractivity contribution in [1.29, 1.82) is 0 Å². The largest absolute Gasteiger partial charge is 0.398 e. The predicted molar refractivity (Wildman–Crippen MR) is 80.0 cm³/mol. The summed E-state index contributed by atoms with van der Waals surface area (Å²) in [4.78, 5) is 16.4. The SMILES string of the molecule is Cc1cc(C(=O)N2CCc3c(N)cccc32)sc1C. The van der Waals surface area contributed by atoms with Crippen molar-refractivity contribution in [2.24, 2.45) is 0 Å². The second-order valence-corrected chi connectivity index (χ2v) is 6.16. The number of carbonyl (C=O) groups excluding carboxylic acids is 1. The van der Waals surface area contributed by atoms with Gasteiger partial charge in [-0.1, -0.05) is 6.07 Å². The summed E-state index contributed by atoms with van der Waals surface area (Å²) in [5.74, 6) is 0.0885. The highest BCUT2D eigenvalue weighted by Gasteiger charge is 2.27. The van der Waals surface area contributed by atoms with Gasteiger partial charge in [0.05, 0.1) is 4.88 Å². The van der Waals surface area contributed by atoms with Crippen LogP contribution in [0.15, 0.2) is 24.3 Å². The number of nitrogen functional groups attached to an aromatic ring is 1. The van der Waals surface area contributed by atoms with Crippen LogP contribution >= 0.6 is 11.3 Å². The molecular weight excluding hydrogens is 256 g/mol. The molecule has 2 N–H and O–H groups in total. The van der Waals surface area contributed by atoms with Crippen molar-refractivity contribution in [1.82, 2.24) is 0 Å². The fraction of sp³-hybridized carbons (Fsp3) is 0.267. The molecule has 0 saturated heterocycles. The number of amides is 1. The van der Waals surface area contributed by atoms with Crippen LogP contribution in [0.2, 0.25) is 0 Å². The molecule has 0 radical (unpaired) electrons. The lowest BCUT2D eigenvalue weighted by molar-refractivity contribution is 0.0993. The molecule has 0 atom stereocenters. The molecule has 0 saturated carbocycles. The van der Waals surface area contributed by atoms with Crippen LogP contribution in [0.4, 0.5) is 11.4 Å². The van der Waals surface area contributed by atoms with Crippen LogP contribution in [0.25, 0.3) is 0 Å². The second kappa shape index (κ2) is 4.38. The van der Waals surface area contributed by atoms with Gasteiger partial charge in [0.1, 0.15) is 0 Å². The number of fused-ring (bicyclic) bond motifs is 1. The molecule has 0 unspecified atom stereocenters. The molecule has 19 heavy (non-hydrogen) atoms. The molecule has 3 rings (SSSR count). The van der Waals surface area contributed by atoms with Gasteiger partial charge < -0.3 is 10.6 Å². The Morgan fingerprint density at radius 1 is 1.37 bits per heavy atom. The average molecular weight is 272 g/mol. The van der Waals surface area contributed by atoms with Gasteiger partial charge >= 0.3 is 0 Å². The Morgan fingerprint density at radius 3 is 2.84 bits per heavy atom. The number of rotatable bonds is 1. The van der Waals surface area contributed by atoms with Crippen LogP contribution in [0.1, 0.15) is 25.7 Å². The lowest BCUT2D eigenvalue weighted by atomic mass is 10.1. The third kappa shape index (κ3) is 1.92. The number of carbonyl (C=O) groups is 1. The van der Waals surface area contributed by atoms with Gasteiger partial charge in [0.2, 0.25) is 0 Å². The van der Waals surface area contributed by atoms with Gasteiger partial charge in [0, 0.05) is 28.4 Å². The van der Waals surface area contributed by atoms with Gasteiger partial charge in [0.15, 0.2) is 0 Å². The molecule has 4 heteroatoms. The minimum absolute atomic E-state index is 0.0885. The number of nitrogens with two attached hydrogens (primary N) is 1. The van der Waals surface area contributed by atoms with E-state index in [1.807, 2.05) is 43.0 Å². The summed E-state index contributed by atoms with van der Waals surface area (Å²) in [6.45, 7) is 4.81. The summed E-state index contributed by atoms with van der Waals surface area (Å²) < 4.78 is 0. The first kappa shape index (κ1) is 12.2. The Morgan fingerprint density at radius 2 is 2.16 bits per heavy atom. The fourth-order valence-electron chi connectivity index (χ4n) is 2.48. The fourth-order valence-corrected chi connectivity index (χ4v) is 3.47. The number of hydrogen-bond donors (Lipinski definition) is 1. The van der Waals surface area contributed by atoms with Crippen molar-refractivity contribution < 1.29 is 4.79 Å². The third-order valence-electron chi connectivity index (χ3n) is 3.69. The van der Waals surface area contributed by atoms with E-state index in [1.165, 1.54) is 10.4 Å². The van der Waals surface area contributed by atoms with Gasteiger partial charge in [-0.15, -0.1) is 11.3 Å². The smallest absolute Gasteiger partial charge is 0.268 e. The molecule has 2 aromatic rings. The first-order valence-corrected chi connectivity index (χ1v) is 7.16. The Kier molecular flexibility index (Phi) is 2.82. The monoisotopic (exact) mass is 272 g/mol. The first-order chi connectivity index (χ1) is 9.08. The van der Waals surface area contributed by atoms with Crippen molar-refractivity contribution in [2.45, 2.75) is 20.3 Å². The maximum Gasteiger partial charge on any atom is 0.268 e. The Labute approximate surface area is 116 Å². The average Bonchev–Trinajstić information content (AvgIpc) is 2.94. The van der Waals surface area contributed by atoms with Gasteiger partial charge in [-0.05, 0) is 44.0 Å². The van der Waals surface area contributed by atoms with Gasteiger partial charge in [-0.3, -0.25) is 4.79 Å². The number of aryl methyl sites for hydroxylation is 2. The van der Waals surface area contributed by atoms with Crippen molar-refractivity contribution in [3.8, 4) is 0 Å². The Balaban J connectivity index is 1.98. The van der Waals surface area contributed by atoms with Gasteiger partial charge in [-0.2, -0.15) is 0 Å². The van der Waals surface area contributed by atoms with Crippen molar-refractivity contribution in [3.05, 3.63) is 45.1 Å². The zero-order chi connectivity index (χ0) is 13.6. The highest BCUT2D eigenvalue weighted by atomic mass is 32.1. The zero-order valence-corrected chi connectivity index (χ0v) is 11.9. The number of nitrogens with zero attached hydrogens (tertiary/aromatic N) is 1. The highest BCUT2D eigenvalue weighted by Crippen LogP contribution is 2.34. The standard InChI is InChI=1S/C15H16N2OS/c1-9-8-14(19-10(9)2)15(18)17-7-6-11-12(16)4-3-5-13(11)17/h3-5,8H,6-7,16H2,1-2H3. The van der Waals surface area contributed by atoms with E-state index in [2.05, 4.69) is 0 Å². The van der Waals surface area contributed by atoms with Crippen LogP contribution in [-0.4, -0.2) is 12.5 Å². The van der Waals surface area contributed by atoms with E-state index in [1.54, 1.807) is 11.3 Å². The van der Waals surface area contributed by atoms with Crippen LogP contribution in [0, 0.1) is 13.8 Å². The van der Waals surface area contributed by atoms with E-state index in [9.17, 15) is 4.79 Å². The maximum absolute atomic E-state index is 12.6. The number of anilines is 2. The van der Waals surface area contributed by atoms with Crippen LogP contribution in [0.5, 0.6) is 0 Å². The lowest BCUT2D eigenvalue weighted by Gasteiger charge is -2.16. The minimum atomic E-state index is 0.0885. The molecule has 2 heterocycles. The van der Waals surface area contributed by atoms with Gasteiger partial charge in [-0.25, -0.2) is 0 Å². The zero-order valence-electron chi connectivity index (χ0n) is 11.1. The quantitative estimate of drug-likeness (QED) is 0.811. The Hall–Kier alpha value is -1.81. The first-order valence-electron chi connectivity index (χ1n) is 6.34. The molecule has 1 amide bonds. The van der Waals surface area contributed by atoms with E-state index in [0.29, 0.717) is 0 Å². The number of thiophene rings is 1. The van der Waals surface area contributed by atoms with Crippen LogP contribution < -0.4 is 10.6 Å². The summed E-state index contributed by atoms with van der Waals surface area (Å²) in [5, 5.41) is 0. The van der Waals surface area contributed by atoms with E-state index in [0.717, 1.165) is 34.8 Å². The molecule has 0 spiro atoms. The summed E-state index contributed by atoms with van der Waals surface area (Å²) >= 11 is 1.57. The molecule has 3 nitrogen and oxygen atoms in total. The maximum atomic E-state index is 12.6. The predicted octanol–water partition coefficient (Wildman–Crippen LogP) is 3.15. The Bertz CT molecular complexity index is 641. The van der Waals surface area contributed by atoms with Gasteiger partial charge in [0.25, 0.3) is 5.91 Å². The minimum Gasteiger partial charge on any atom is -0.398 e. The second-order valence-electron chi connectivity index (χ2n) is 4.90. The van der Waals surface area contributed by atoms with Crippen molar-refractivity contribution in [2.75, 3.05) is 17.2 Å². The molecule has 0 bridgehead atoms. The summed E-state index contributed by atoms with van der Waals surface area (Å²) in [6.07, 6.45) is 0.844. The number of hydrogen-bond acceptors (Lipinski definition) is 3. The normalized spacial score (nSPS) is 13.7. The topological polar surface area (TPSA) is 46.3 Å². The molecule has 98 valence electrons. The van der Waals surface area contributed by atoms with Crippen molar-refractivity contribution >= 4 is 28.6 Å².